The first-order chi connectivity index (χ1) is 6.41. The molecule has 1 spiro atoms. The second kappa shape index (κ2) is 5.58. The van der Waals surface area contributed by atoms with E-state index in [4.69, 9.17) is 9.47 Å². The molecule has 0 aromatic carbocycles. The molecule has 3 heterocycles. The highest BCUT2D eigenvalue weighted by Crippen LogP contribution is 2.30. The van der Waals surface area contributed by atoms with Crippen LogP contribution in [0.2, 0.25) is 0 Å². The summed E-state index contributed by atoms with van der Waals surface area (Å²) >= 11 is 0. The normalized spacial score (nSPS) is 26.3. The van der Waals surface area contributed by atoms with Crippen molar-refractivity contribution >= 4 is 0 Å². The molecule has 0 bridgehead atoms. The molecule has 78 valence electrons. The third-order valence-electron chi connectivity index (χ3n) is 2.39. The van der Waals surface area contributed by atoms with Crippen molar-refractivity contribution in [2.45, 2.75) is 20.3 Å². The molecule has 0 radical (unpaired) electrons. The SMILES string of the molecule is C1COC1.C1NCC12COC2.CC. The second-order valence-electron chi connectivity index (χ2n) is 3.56. The molecule has 0 aromatic rings. The maximum absolute atomic E-state index is 5.04. The molecule has 1 N–H and O–H groups in total. The standard InChI is InChI=1S/C5H9NO.C3H6O.C2H6/c1-5(2-6-1)3-7-4-5;1-2-4-3-1;1-2/h6H,1-4H2;1-3H2;1-2H3. The summed E-state index contributed by atoms with van der Waals surface area (Å²) in [5, 5.41) is 3.22. The van der Waals surface area contributed by atoms with Crippen molar-refractivity contribution in [2.75, 3.05) is 39.5 Å². The van der Waals surface area contributed by atoms with E-state index in [0.29, 0.717) is 5.41 Å². The maximum atomic E-state index is 5.04. The average Bonchev–Trinajstić information content (AvgIpc) is 1.80. The van der Waals surface area contributed by atoms with E-state index in [2.05, 4.69) is 5.32 Å². The second-order valence-corrected chi connectivity index (χ2v) is 3.56. The lowest BCUT2D eigenvalue weighted by molar-refractivity contribution is -0.139. The Bertz CT molecular complexity index is 107. The first kappa shape index (κ1) is 11.0. The van der Waals surface area contributed by atoms with Crippen molar-refractivity contribution in [3.05, 3.63) is 0 Å². The van der Waals surface area contributed by atoms with Crippen LogP contribution in [0.15, 0.2) is 0 Å². The van der Waals surface area contributed by atoms with Gasteiger partial charge in [0, 0.05) is 31.7 Å². The highest BCUT2D eigenvalue weighted by atomic mass is 16.5. The third kappa shape index (κ3) is 2.93. The molecule has 3 heteroatoms. The van der Waals surface area contributed by atoms with Crippen LogP contribution in [0.5, 0.6) is 0 Å². The van der Waals surface area contributed by atoms with Gasteiger partial charge in [-0.3, -0.25) is 0 Å². The molecule has 3 nitrogen and oxygen atoms in total. The van der Waals surface area contributed by atoms with Crippen LogP contribution >= 0.6 is 0 Å². The van der Waals surface area contributed by atoms with Gasteiger partial charge in [0.05, 0.1) is 13.2 Å². The van der Waals surface area contributed by atoms with Crippen molar-refractivity contribution in [3.8, 4) is 0 Å². The fourth-order valence-corrected chi connectivity index (χ4v) is 1.22. The van der Waals surface area contributed by atoms with Crippen LogP contribution < -0.4 is 5.32 Å². The minimum atomic E-state index is 0.611. The van der Waals surface area contributed by atoms with Crippen LogP contribution in [0.1, 0.15) is 20.3 Å². The topological polar surface area (TPSA) is 30.5 Å². The zero-order chi connectivity index (χ0) is 9.57. The van der Waals surface area contributed by atoms with Crippen molar-refractivity contribution in [1.29, 1.82) is 0 Å². The molecule has 3 fully saturated rings. The Morgan fingerprint density at radius 1 is 1.00 bits per heavy atom. The summed E-state index contributed by atoms with van der Waals surface area (Å²) in [7, 11) is 0. The Labute approximate surface area is 80.8 Å². The number of rotatable bonds is 0. The molecule has 0 atom stereocenters. The van der Waals surface area contributed by atoms with Gasteiger partial charge in [0.15, 0.2) is 0 Å². The first-order valence-corrected chi connectivity index (χ1v) is 5.28. The van der Waals surface area contributed by atoms with Gasteiger partial charge in [0.1, 0.15) is 0 Å². The number of ether oxygens (including phenoxy) is 2. The summed E-state index contributed by atoms with van der Waals surface area (Å²) < 4.78 is 9.76. The van der Waals surface area contributed by atoms with Gasteiger partial charge in [0.25, 0.3) is 0 Å². The highest BCUT2D eigenvalue weighted by molar-refractivity contribution is 4.96. The summed E-state index contributed by atoms with van der Waals surface area (Å²) in [6, 6.07) is 0. The van der Waals surface area contributed by atoms with E-state index in [9.17, 15) is 0 Å². The van der Waals surface area contributed by atoms with Crippen LogP contribution in [0.25, 0.3) is 0 Å². The summed E-state index contributed by atoms with van der Waals surface area (Å²) in [5.41, 5.74) is 0.611. The van der Waals surface area contributed by atoms with Gasteiger partial charge in [-0.25, -0.2) is 0 Å². The molecular formula is C10H21NO2. The molecule has 0 aliphatic carbocycles. The van der Waals surface area contributed by atoms with Gasteiger partial charge in [-0.2, -0.15) is 0 Å². The largest absolute Gasteiger partial charge is 0.381 e. The van der Waals surface area contributed by atoms with E-state index < -0.39 is 0 Å². The van der Waals surface area contributed by atoms with Crippen molar-refractivity contribution in [1.82, 2.24) is 5.32 Å². The van der Waals surface area contributed by atoms with Crippen LogP contribution in [0, 0.1) is 5.41 Å². The van der Waals surface area contributed by atoms with Gasteiger partial charge in [-0.15, -0.1) is 0 Å². The lowest BCUT2D eigenvalue weighted by Gasteiger charge is -2.48. The summed E-state index contributed by atoms with van der Waals surface area (Å²) in [6.07, 6.45) is 1.28. The zero-order valence-corrected chi connectivity index (χ0v) is 8.77. The predicted octanol–water partition coefficient (Wildman–Crippen LogP) is 1.04. The van der Waals surface area contributed by atoms with Gasteiger partial charge < -0.3 is 14.8 Å². The molecule has 0 aromatic heterocycles. The Morgan fingerprint density at radius 2 is 1.46 bits per heavy atom. The van der Waals surface area contributed by atoms with Crippen LogP contribution in [-0.4, -0.2) is 39.5 Å². The monoisotopic (exact) mass is 187 g/mol. The van der Waals surface area contributed by atoms with Crippen molar-refractivity contribution in [2.24, 2.45) is 5.41 Å². The summed E-state index contributed by atoms with van der Waals surface area (Å²) in [6.45, 7) is 10.4. The Balaban J connectivity index is 0.000000121. The van der Waals surface area contributed by atoms with Gasteiger partial charge in [-0.1, -0.05) is 13.8 Å². The third-order valence-corrected chi connectivity index (χ3v) is 2.39. The van der Waals surface area contributed by atoms with E-state index in [0.717, 1.165) is 26.4 Å². The Kier molecular flexibility index (Phi) is 4.70. The van der Waals surface area contributed by atoms with Crippen LogP contribution in [0.4, 0.5) is 0 Å². The van der Waals surface area contributed by atoms with Gasteiger partial charge in [-0.05, 0) is 6.42 Å². The van der Waals surface area contributed by atoms with Crippen molar-refractivity contribution < 1.29 is 9.47 Å². The highest BCUT2D eigenvalue weighted by Gasteiger charge is 2.43. The van der Waals surface area contributed by atoms with Crippen LogP contribution in [0.3, 0.4) is 0 Å². The molecule has 3 aliphatic rings. The van der Waals surface area contributed by atoms with E-state index in [1.807, 2.05) is 13.8 Å². The van der Waals surface area contributed by atoms with Crippen molar-refractivity contribution in [3.63, 3.8) is 0 Å². The molecule has 3 rings (SSSR count). The molecule has 13 heavy (non-hydrogen) atoms. The van der Waals surface area contributed by atoms with E-state index >= 15 is 0 Å². The first-order valence-electron chi connectivity index (χ1n) is 5.28. The van der Waals surface area contributed by atoms with E-state index in [1.165, 1.54) is 19.5 Å². The maximum Gasteiger partial charge on any atom is 0.0569 e. The summed E-state index contributed by atoms with van der Waals surface area (Å²) in [4.78, 5) is 0. The average molecular weight is 187 g/mol. The van der Waals surface area contributed by atoms with E-state index in [-0.39, 0.29) is 0 Å². The molecule has 3 aliphatic heterocycles. The fraction of sp³-hybridized carbons (Fsp3) is 1.00. The Hall–Kier alpha value is -0.120. The zero-order valence-electron chi connectivity index (χ0n) is 8.77. The van der Waals surface area contributed by atoms with Crippen LogP contribution in [-0.2, 0) is 9.47 Å². The fourth-order valence-electron chi connectivity index (χ4n) is 1.22. The quantitative estimate of drug-likeness (QED) is 0.614. The Morgan fingerprint density at radius 3 is 1.46 bits per heavy atom. The molecule has 3 saturated heterocycles. The number of hydrogen-bond donors (Lipinski definition) is 1. The minimum Gasteiger partial charge on any atom is -0.381 e. The smallest absolute Gasteiger partial charge is 0.0569 e. The molecule has 0 amide bonds. The number of nitrogens with one attached hydrogen (secondary N) is 1. The minimum absolute atomic E-state index is 0.611. The van der Waals surface area contributed by atoms with Gasteiger partial charge >= 0.3 is 0 Å². The number of hydrogen-bond acceptors (Lipinski definition) is 3. The lowest BCUT2D eigenvalue weighted by Crippen LogP contribution is -2.64. The van der Waals surface area contributed by atoms with Gasteiger partial charge in [0.2, 0.25) is 0 Å². The summed E-state index contributed by atoms with van der Waals surface area (Å²) in [5.74, 6) is 0. The molecule has 0 saturated carbocycles. The molecule has 0 unspecified atom stereocenters. The van der Waals surface area contributed by atoms with E-state index in [1.54, 1.807) is 0 Å². The molecular weight excluding hydrogens is 166 g/mol. The predicted molar refractivity (Wildman–Crippen MR) is 52.9 cm³/mol. The lowest BCUT2D eigenvalue weighted by atomic mass is 9.80.